The molecule has 17 heavy (non-hydrogen) atoms. The SMILES string of the molecule is CC(NCCNS(C)(=O)=O)c1ccccc1F. The summed E-state index contributed by atoms with van der Waals surface area (Å²) in [5.41, 5.74) is 0.576. The van der Waals surface area contributed by atoms with E-state index in [0.717, 1.165) is 6.26 Å². The zero-order chi connectivity index (χ0) is 12.9. The molecule has 1 aromatic rings. The van der Waals surface area contributed by atoms with Crippen molar-refractivity contribution in [2.45, 2.75) is 13.0 Å². The van der Waals surface area contributed by atoms with Gasteiger partial charge in [-0.2, -0.15) is 0 Å². The standard InChI is InChI=1S/C11H17FN2O2S/c1-9(10-5-3-4-6-11(10)12)13-7-8-14-17(2,15)16/h3-6,9,13-14H,7-8H2,1-2H3. The predicted molar refractivity (Wildman–Crippen MR) is 65.7 cm³/mol. The van der Waals surface area contributed by atoms with E-state index in [-0.39, 0.29) is 18.4 Å². The summed E-state index contributed by atoms with van der Waals surface area (Å²) < 4.78 is 37.3. The van der Waals surface area contributed by atoms with Gasteiger partial charge in [0.05, 0.1) is 6.26 Å². The molecule has 0 amide bonds. The highest BCUT2D eigenvalue weighted by Crippen LogP contribution is 2.15. The molecule has 0 saturated heterocycles. The molecule has 0 bridgehead atoms. The molecule has 1 unspecified atom stereocenters. The van der Waals surface area contributed by atoms with Gasteiger partial charge < -0.3 is 5.32 Å². The van der Waals surface area contributed by atoms with E-state index in [0.29, 0.717) is 12.1 Å². The Labute approximate surface area is 101 Å². The van der Waals surface area contributed by atoms with Crippen LogP contribution in [-0.2, 0) is 10.0 Å². The van der Waals surface area contributed by atoms with Crippen LogP contribution in [0, 0.1) is 5.82 Å². The van der Waals surface area contributed by atoms with Gasteiger partial charge in [0.15, 0.2) is 0 Å². The first kappa shape index (κ1) is 14.1. The Balaban J connectivity index is 2.41. The summed E-state index contributed by atoms with van der Waals surface area (Å²) in [7, 11) is -3.16. The Morgan fingerprint density at radius 3 is 2.53 bits per heavy atom. The highest BCUT2D eigenvalue weighted by atomic mass is 32.2. The molecule has 0 fully saturated rings. The average molecular weight is 260 g/mol. The number of rotatable bonds is 6. The Bertz CT molecular complexity index is 462. The third kappa shape index (κ3) is 5.25. The van der Waals surface area contributed by atoms with Crippen LogP contribution < -0.4 is 10.0 Å². The number of halogens is 1. The lowest BCUT2D eigenvalue weighted by molar-refractivity contribution is 0.525. The lowest BCUT2D eigenvalue weighted by Crippen LogP contribution is -2.32. The van der Waals surface area contributed by atoms with Crippen molar-refractivity contribution in [1.29, 1.82) is 0 Å². The maximum absolute atomic E-state index is 13.4. The van der Waals surface area contributed by atoms with Crippen molar-refractivity contribution in [2.24, 2.45) is 0 Å². The van der Waals surface area contributed by atoms with E-state index < -0.39 is 10.0 Å². The van der Waals surface area contributed by atoms with E-state index in [2.05, 4.69) is 10.0 Å². The minimum atomic E-state index is -3.16. The van der Waals surface area contributed by atoms with Gasteiger partial charge in [0.25, 0.3) is 0 Å². The van der Waals surface area contributed by atoms with Gasteiger partial charge in [-0.05, 0) is 13.0 Å². The number of nitrogens with one attached hydrogen (secondary N) is 2. The second-order valence-electron chi connectivity index (χ2n) is 3.86. The van der Waals surface area contributed by atoms with Gasteiger partial charge in [0, 0.05) is 24.7 Å². The largest absolute Gasteiger partial charge is 0.309 e. The van der Waals surface area contributed by atoms with Crippen LogP contribution in [-0.4, -0.2) is 27.8 Å². The van der Waals surface area contributed by atoms with E-state index in [1.165, 1.54) is 6.07 Å². The van der Waals surface area contributed by atoms with Gasteiger partial charge in [-0.25, -0.2) is 17.5 Å². The summed E-state index contributed by atoms with van der Waals surface area (Å²) in [6.07, 6.45) is 1.10. The zero-order valence-electron chi connectivity index (χ0n) is 9.90. The van der Waals surface area contributed by atoms with Crippen LogP contribution in [0.5, 0.6) is 0 Å². The molecule has 0 aliphatic carbocycles. The normalized spacial score (nSPS) is 13.6. The van der Waals surface area contributed by atoms with Gasteiger partial charge in [-0.1, -0.05) is 18.2 Å². The monoisotopic (exact) mass is 260 g/mol. The fourth-order valence-electron chi connectivity index (χ4n) is 1.46. The molecule has 0 aromatic heterocycles. The predicted octanol–water partition coefficient (Wildman–Crippen LogP) is 1.03. The van der Waals surface area contributed by atoms with E-state index in [4.69, 9.17) is 0 Å². The zero-order valence-corrected chi connectivity index (χ0v) is 10.7. The van der Waals surface area contributed by atoms with E-state index in [1.807, 2.05) is 6.92 Å². The summed E-state index contributed by atoms with van der Waals surface area (Å²) in [4.78, 5) is 0. The maximum Gasteiger partial charge on any atom is 0.208 e. The summed E-state index contributed by atoms with van der Waals surface area (Å²) in [5.74, 6) is -0.261. The highest BCUT2D eigenvalue weighted by Gasteiger charge is 2.09. The van der Waals surface area contributed by atoms with Crippen LogP contribution in [0.3, 0.4) is 0 Å². The third-order valence-electron chi connectivity index (χ3n) is 2.31. The van der Waals surface area contributed by atoms with E-state index in [9.17, 15) is 12.8 Å². The Hall–Kier alpha value is -0.980. The molecule has 4 nitrogen and oxygen atoms in total. The molecule has 2 N–H and O–H groups in total. The molecular weight excluding hydrogens is 243 g/mol. The topological polar surface area (TPSA) is 58.2 Å². The number of sulfonamides is 1. The van der Waals surface area contributed by atoms with E-state index >= 15 is 0 Å². The molecule has 1 atom stereocenters. The van der Waals surface area contributed by atoms with Crippen LogP contribution in [0.25, 0.3) is 0 Å². The number of hydrogen-bond acceptors (Lipinski definition) is 3. The first-order valence-corrected chi connectivity index (χ1v) is 7.22. The molecule has 0 spiro atoms. The smallest absolute Gasteiger partial charge is 0.208 e. The lowest BCUT2D eigenvalue weighted by atomic mass is 10.1. The minimum absolute atomic E-state index is 0.155. The van der Waals surface area contributed by atoms with Crippen molar-refractivity contribution in [2.75, 3.05) is 19.3 Å². The summed E-state index contributed by atoms with van der Waals surface area (Å²) in [5, 5.41) is 3.05. The Kier molecular flexibility index (Phi) is 5.04. The van der Waals surface area contributed by atoms with Gasteiger partial charge in [-0.15, -0.1) is 0 Å². The second kappa shape index (κ2) is 6.09. The Morgan fingerprint density at radius 2 is 1.94 bits per heavy atom. The van der Waals surface area contributed by atoms with Crippen LogP contribution in [0.15, 0.2) is 24.3 Å². The van der Waals surface area contributed by atoms with Crippen LogP contribution in [0.4, 0.5) is 4.39 Å². The fourth-order valence-corrected chi connectivity index (χ4v) is 1.93. The lowest BCUT2D eigenvalue weighted by Gasteiger charge is -2.14. The molecule has 0 heterocycles. The molecule has 96 valence electrons. The van der Waals surface area contributed by atoms with Crippen molar-refractivity contribution in [1.82, 2.24) is 10.0 Å². The maximum atomic E-state index is 13.4. The van der Waals surface area contributed by atoms with Crippen molar-refractivity contribution in [3.63, 3.8) is 0 Å². The molecule has 1 aromatic carbocycles. The van der Waals surface area contributed by atoms with Gasteiger partial charge in [-0.3, -0.25) is 0 Å². The molecule has 6 heteroatoms. The molecule has 0 aliphatic rings. The number of hydrogen-bond donors (Lipinski definition) is 2. The first-order valence-electron chi connectivity index (χ1n) is 5.32. The van der Waals surface area contributed by atoms with Gasteiger partial charge >= 0.3 is 0 Å². The van der Waals surface area contributed by atoms with Crippen LogP contribution in [0.1, 0.15) is 18.5 Å². The first-order chi connectivity index (χ1) is 7.90. The van der Waals surface area contributed by atoms with Gasteiger partial charge in [0.2, 0.25) is 10.0 Å². The number of benzene rings is 1. The fraction of sp³-hybridized carbons (Fsp3) is 0.455. The molecule has 0 aliphatic heterocycles. The van der Waals surface area contributed by atoms with Gasteiger partial charge in [0.1, 0.15) is 5.82 Å². The van der Waals surface area contributed by atoms with Crippen molar-refractivity contribution < 1.29 is 12.8 Å². The minimum Gasteiger partial charge on any atom is -0.309 e. The van der Waals surface area contributed by atoms with E-state index in [1.54, 1.807) is 18.2 Å². The van der Waals surface area contributed by atoms with Crippen molar-refractivity contribution >= 4 is 10.0 Å². The molecule has 0 radical (unpaired) electrons. The van der Waals surface area contributed by atoms with Crippen molar-refractivity contribution in [3.05, 3.63) is 35.6 Å². The summed E-state index contributed by atoms with van der Waals surface area (Å²) in [6.45, 7) is 2.57. The van der Waals surface area contributed by atoms with Crippen LogP contribution in [0.2, 0.25) is 0 Å². The van der Waals surface area contributed by atoms with Crippen molar-refractivity contribution in [3.8, 4) is 0 Å². The average Bonchev–Trinajstić information content (AvgIpc) is 2.23. The third-order valence-corrected chi connectivity index (χ3v) is 3.04. The molecular formula is C11H17FN2O2S. The van der Waals surface area contributed by atoms with Crippen LogP contribution >= 0.6 is 0 Å². The molecule has 1 rings (SSSR count). The highest BCUT2D eigenvalue weighted by molar-refractivity contribution is 7.88. The second-order valence-corrected chi connectivity index (χ2v) is 5.70. The Morgan fingerprint density at radius 1 is 1.29 bits per heavy atom. The summed E-state index contributed by atoms with van der Waals surface area (Å²) in [6, 6.07) is 6.36. The molecule has 0 saturated carbocycles. The quantitative estimate of drug-likeness (QED) is 0.751. The summed E-state index contributed by atoms with van der Waals surface area (Å²) >= 11 is 0.